The zero-order valence-corrected chi connectivity index (χ0v) is 12.1. The fraction of sp³-hybridized carbons (Fsp3) is 0.357. The molecule has 1 atom stereocenters. The summed E-state index contributed by atoms with van der Waals surface area (Å²) >= 11 is 0. The maximum Gasteiger partial charge on any atom is 0.471 e. The van der Waals surface area contributed by atoms with Gasteiger partial charge in [-0.25, -0.2) is 8.78 Å². The minimum atomic E-state index is -4.75. The first-order chi connectivity index (χ1) is 11.1. The van der Waals surface area contributed by atoms with Gasteiger partial charge in [-0.15, -0.1) is 0 Å². The van der Waals surface area contributed by atoms with Crippen LogP contribution in [0.4, 0.5) is 22.0 Å². The van der Waals surface area contributed by atoms with E-state index >= 15 is 0 Å². The molecule has 0 saturated heterocycles. The van der Waals surface area contributed by atoms with E-state index in [0.29, 0.717) is 0 Å². The van der Waals surface area contributed by atoms with Gasteiger partial charge in [-0.3, -0.25) is 4.79 Å². The Balaban J connectivity index is 1.76. The van der Waals surface area contributed by atoms with E-state index < -0.39 is 29.9 Å². The fourth-order valence-corrected chi connectivity index (χ4v) is 2.18. The summed E-state index contributed by atoms with van der Waals surface area (Å²) in [5, 5.41) is 3.22. The molecule has 128 valence electrons. The van der Waals surface area contributed by atoms with Crippen molar-refractivity contribution in [2.75, 3.05) is 7.05 Å². The molecule has 24 heavy (non-hydrogen) atoms. The van der Waals surface area contributed by atoms with E-state index in [1.54, 1.807) is 0 Å². The van der Waals surface area contributed by atoms with Crippen LogP contribution in [0.5, 0.6) is 0 Å². The van der Waals surface area contributed by atoms with Crippen molar-refractivity contribution in [2.24, 2.45) is 0 Å². The summed E-state index contributed by atoms with van der Waals surface area (Å²) < 4.78 is 67.3. The first-order valence-corrected chi connectivity index (χ1v) is 6.76. The second-order valence-electron chi connectivity index (χ2n) is 5.40. The van der Waals surface area contributed by atoms with Crippen LogP contribution in [0.15, 0.2) is 28.8 Å². The lowest BCUT2D eigenvalue weighted by atomic mass is 10.1. The predicted molar refractivity (Wildman–Crippen MR) is 70.2 cm³/mol. The molecular formula is C14H10F5N3O2. The van der Waals surface area contributed by atoms with Crippen LogP contribution in [0, 0.1) is 0 Å². The number of carbonyl (C=O) groups is 1. The van der Waals surface area contributed by atoms with Crippen LogP contribution in [-0.2, 0) is 6.18 Å². The van der Waals surface area contributed by atoms with Crippen molar-refractivity contribution in [3.8, 4) is 11.4 Å². The van der Waals surface area contributed by atoms with Crippen LogP contribution >= 0.6 is 0 Å². The highest BCUT2D eigenvalue weighted by Gasteiger charge is 2.60. The normalized spacial score (nSPS) is 19.2. The van der Waals surface area contributed by atoms with Gasteiger partial charge in [0.1, 0.15) is 6.04 Å². The van der Waals surface area contributed by atoms with Gasteiger partial charge in [-0.2, -0.15) is 18.2 Å². The largest absolute Gasteiger partial charge is 0.471 e. The number of hydrogen-bond donors (Lipinski definition) is 0. The number of nitrogens with zero attached hydrogens (tertiary/aromatic N) is 3. The highest BCUT2D eigenvalue weighted by molar-refractivity contribution is 5.95. The number of rotatable bonds is 3. The third kappa shape index (κ3) is 2.95. The minimum absolute atomic E-state index is 0.128. The molecule has 0 spiro atoms. The Bertz CT molecular complexity index is 769. The molecule has 3 rings (SSSR count). The van der Waals surface area contributed by atoms with Crippen molar-refractivity contribution >= 4 is 5.91 Å². The lowest BCUT2D eigenvalue weighted by Gasteiger charge is -2.16. The second kappa shape index (κ2) is 5.25. The molecule has 1 unspecified atom stereocenters. The summed E-state index contributed by atoms with van der Waals surface area (Å²) in [7, 11) is 1.27. The number of carbonyl (C=O) groups excluding carboxylic acids is 1. The summed E-state index contributed by atoms with van der Waals surface area (Å²) in [5.74, 6) is -5.24. The van der Waals surface area contributed by atoms with Crippen molar-refractivity contribution in [3.05, 3.63) is 35.7 Å². The molecule has 5 nitrogen and oxygen atoms in total. The van der Waals surface area contributed by atoms with Gasteiger partial charge in [-0.1, -0.05) is 17.3 Å². The lowest BCUT2D eigenvalue weighted by Crippen LogP contribution is -2.32. The van der Waals surface area contributed by atoms with E-state index in [0.717, 1.165) is 4.90 Å². The molecule has 1 aliphatic carbocycles. The van der Waals surface area contributed by atoms with E-state index in [-0.39, 0.29) is 23.4 Å². The van der Waals surface area contributed by atoms with Crippen molar-refractivity contribution in [2.45, 2.75) is 24.6 Å². The number of benzene rings is 1. The van der Waals surface area contributed by atoms with Gasteiger partial charge >= 0.3 is 12.1 Å². The molecule has 1 aromatic carbocycles. The standard InChI is InChI=1S/C14H10F5N3O2/c1-22(9-6-13(9,15)16)11(23)8-4-2-7(3-5-8)10-20-12(24-21-10)14(17,18)19/h2-5,9H,6H2,1H3. The number of halogens is 5. The minimum Gasteiger partial charge on any atom is -0.332 e. The van der Waals surface area contributed by atoms with Crippen LogP contribution in [0.3, 0.4) is 0 Å². The van der Waals surface area contributed by atoms with Gasteiger partial charge in [0.15, 0.2) is 0 Å². The molecule has 1 saturated carbocycles. The molecule has 0 bridgehead atoms. The SMILES string of the molecule is CN(C(=O)c1ccc(-c2noc(C(F)(F)F)n2)cc1)C1CC1(F)F. The predicted octanol–water partition coefficient (Wildman–Crippen LogP) is 3.24. The molecule has 1 aliphatic rings. The summed E-state index contributed by atoms with van der Waals surface area (Å²) in [4.78, 5) is 16.3. The second-order valence-corrected chi connectivity index (χ2v) is 5.40. The van der Waals surface area contributed by atoms with E-state index in [2.05, 4.69) is 14.7 Å². The van der Waals surface area contributed by atoms with E-state index in [9.17, 15) is 26.7 Å². The first-order valence-electron chi connectivity index (χ1n) is 6.76. The molecule has 1 fully saturated rings. The van der Waals surface area contributed by atoms with Crippen LogP contribution in [0.25, 0.3) is 11.4 Å². The molecule has 0 N–H and O–H groups in total. The Kier molecular flexibility index (Phi) is 3.57. The Morgan fingerprint density at radius 3 is 2.33 bits per heavy atom. The van der Waals surface area contributed by atoms with Crippen molar-refractivity contribution in [1.29, 1.82) is 0 Å². The summed E-state index contributed by atoms with van der Waals surface area (Å²) in [6.45, 7) is 0. The van der Waals surface area contributed by atoms with Gasteiger partial charge in [0.05, 0.1) is 0 Å². The average Bonchev–Trinajstić information content (AvgIpc) is 2.94. The highest BCUT2D eigenvalue weighted by Crippen LogP contribution is 2.45. The van der Waals surface area contributed by atoms with Gasteiger partial charge in [-0.05, 0) is 12.1 Å². The third-order valence-electron chi connectivity index (χ3n) is 3.64. The van der Waals surface area contributed by atoms with Crippen LogP contribution in [-0.4, -0.2) is 40.0 Å². The topological polar surface area (TPSA) is 59.2 Å². The van der Waals surface area contributed by atoms with Gasteiger partial charge in [0.2, 0.25) is 5.82 Å². The number of alkyl halides is 5. The molecule has 10 heteroatoms. The van der Waals surface area contributed by atoms with Crippen LogP contribution in [0.2, 0.25) is 0 Å². The average molecular weight is 347 g/mol. The molecule has 1 heterocycles. The molecular weight excluding hydrogens is 337 g/mol. The van der Waals surface area contributed by atoms with Crippen molar-refractivity contribution in [1.82, 2.24) is 15.0 Å². The summed E-state index contributed by atoms with van der Waals surface area (Å²) in [6.07, 6.45) is -5.13. The monoisotopic (exact) mass is 347 g/mol. The molecule has 0 aliphatic heterocycles. The zero-order chi connectivity index (χ0) is 17.7. The Morgan fingerprint density at radius 2 is 1.88 bits per heavy atom. The number of aromatic nitrogens is 2. The van der Waals surface area contributed by atoms with Gasteiger partial charge in [0, 0.05) is 24.6 Å². The van der Waals surface area contributed by atoms with Gasteiger partial charge < -0.3 is 9.42 Å². The number of amides is 1. The highest BCUT2D eigenvalue weighted by atomic mass is 19.4. The van der Waals surface area contributed by atoms with Gasteiger partial charge in [0.25, 0.3) is 11.8 Å². The Labute approximate surface area is 132 Å². The first kappa shape index (κ1) is 16.3. The Morgan fingerprint density at radius 1 is 1.29 bits per heavy atom. The molecule has 2 aromatic rings. The smallest absolute Gasteiger partial charge is 0.332 e. The van der Waals surface area contributed by atoms with Crippen molar-refractivity contribution in [3.63, 3.8) is 0 Å². The van der Waals surface area contributed by atoms with Crippen LogP contribution < -0.4 is 0 Å². The summed E-state index contributed by atoms with van der Waals surface area (Å²) in [5.41, 5.74) is 0.327. The van der Waals surface area contributed by atoms with E-state index in [1.165, 1.54) is 31.3 Å². The third-order valence-corrected chi connectivity index (χ3v) is 3.64. The maximum atomic E-state index is 13.0. The van der Waals surface area contributed by atoms with E-state index in [4.69, 9.17) is 0 Å². The summed E-state index contributed by atoms with van der Waals surface area (Å²) in [6, 6.07) is 4.11. The van der Waals surface area contributed by atoms with Crippen LogP contribution in [0.1, 0.15) is 22.7 Å². The zero-order valence-electron chi connectivity index (χ0n) is 12.1. The number of hydrogen-bond acceptors (Lipinski definition) is 4. The lowest BCUT2D eigenvalue weighted by molar-refractivity contribution is -0.159. The van der Waals surface area contributed by atoms with Crippen molar-refractivity contribution < 1.29 is 31.3 Å². The molecule has 1 aromatic heterocycles. The quantitative estimate of drug-likeness (QED) is 0.800. The van der Waals surface area contributed by atoms with E-state index in [1.807, 2.05) is 0 Å². The molecule has 0 radical (unpaired) electrons. The Hall–Kier alpha value is -2.52. The fourth-order valence-electron chi connectivity index (χ4n) is 2.18. The molecule has 1 amide bonds. The maximum absolute atomic E-state index is 13.0.